The molecule has 1 nitrogen and oxygen atoms in total. The fraction of sp³-hybridized carbons (Fsp3) is 0.538. The summed E-state index contributed by atoms with van der Waals surface area (Å²) in [5, 5.41) is 0. The van der Waals surface area contributed by atoms with Crippen molar-refractivity contribution in [3.63, 3.8) is 0 Å². The lowest BCUT2D eigenvalue weighted by Crippen LogP contribution is -2.38. The van der Waals surface area contributed by atoms with Crippen LogP contribution in [0.5, 0.6) is 5.75 Å². The summed E-state index contributed by atoms with van der Waals surface area (Å²) in [4.78, 5) is 0. The van der Waals surface area contributed by atoms with Crippen LogP contribution in [-0.2, 0) is 6.42 Å². The number of benzene rings is 1. The minimum atomic E-state index is 0.106. The molecule has 76 valence electrons. The molecule has 0 saturated carbocycles. The highest BCUT2D eigenvalue weighted by Gasteiger charge is 2.32. The second-order valence-electron chi connectivity index (χ2n) is 4.10. The second-order valence-corrected chi connectivity index (χ2v) is 4.10. The lowest BCUT2D eigenvalue weighted by Gasteiger charge is -2.37. The van der Waals surface area contributed by atoms with E-state index in [4.69, 9.17) is 4.74 Å². The van der Waals surface area contributed by atoms with Crippen LogP contribution in [0.1, 0.15) is 38.7 Å². The number of aryl methyl sites for hydroxylation is 1. The van der Waals surface area contributed by atoms with Gasteiger partial charge in [0.2, 0.25) is 0 Å². The Labute approximate surface area is 86.1 Å². The van der Waals surface area contributed by atoms with Crippen LogP contribution in [0.25, 0.3) is 0 Å². The molecule has 0 atom stereocenters. The molecule has 0 radical (unpaired) electrons. The van der Waals surface area contributed by atoms with E-state index in [1.54, 1.807) is 0 Å². The molecule has 0 amide bonds. The highest BCUT2D eigenvalue weighted by molar-refractivity contribution is 5.36. The monoisotopic (exact) mass is 190 g/mol. The molecule has 1 aromatic carbocycles. The van der Waals surface area contributed by atoms with Crippen LogP contribution in [0, 0.1) is 0 Å². The molecule has 0 unspecified atom stereocenters. The molecular formula is C13H18O. The van der Waals surface area contributed by atoms with Crippen molar-refractivity contribution in [3.05, 3.63) is 29.8 Å². The minimum absolute atomic E-state index is 0.106. The molecule has 2 rings (SSSR count). The van der Waals surface area contributed by atoms with Gasteiger partial charge in [-0.3, -0.25) is 0 Å². The summed E-state index contributed by atoms with van der Waals surface area (Å²) in [5.41, 5.74) is 1.47. The smallest absolute Gasteiger partial charge is 0.123 e. The van der Waals surface area contributed by atoms with Crippen molar-refractivity contribution in [3.8, 4) is 5.75 Å². The fourth-order valence-corrected chi connectivity index (χ4v) is 2.20. The van der Waals surface area contributed by atoms with E-state index >= 15 is 0 Å². The zero-order valence-electron chi connectivity index (χ0n) is 9.05. The summed E-state index contributed by atoms with van der Waals surface area (Å²) in [7, 11) is 0. The summed E-state index contributed by atoms with van der Waals surface area (Å²) in [6.07, 6.45) is 4.55. The first kappa shape index (κ1) is 9.57. The van der Waals surface area contributed by atoms with Crippen LogP contribution in [0.4, 0.5) is 0 Å². The first-order valence-corrected chi connectivity index (χ1v) is 5.56. The first-order valence-electron chi connectivity index (χ1n) is 5.56. The number of fused-ring (bicyclic) bond motifs is 1. The third kappa shape index (κ3) is 1.52. The Morgan fingerprint density at radius 1 is 1.21 bits per heavy atom. The van der Waals surface area contributed by atoms with Gasteiger partial charge in [-0.2, -0.15) is 0 Å². The van der Waals surface area contributed by atoms with E-state index in [-0.39, 0.29) is 5.60 Å². The van der Waals surface area contributed by atoms with Crippen LogP contribution in [0.15, 0.2) is 24.3 Å². The maximum atomic E-state index is 6.12. The van der Waals surface area contributed by atoms with Gasteiger partial charge in [-0.05, 0) is 37.3 Å². The average molecular weight is 190 g/mol. The number of hydrogen-bond acceptors (Lipinski definition) is 1. The molecule has 14 heavy (non-hydrogen) atoms. The lowest BCUT2D eigenvalue weighted by atomic mass is 9.87. The molecule has 1 aliphatic heterocycles. The number of para-hydroxylation sites is 1. The van der Waals surface area contributed by atoms with Gasteiger partial charge in [-0.1, -0.05) is 32.0 Å². The average Bonchev–Trinajstić information content (AvgIpc) is 2.28. The molecule has 1 heterocycles. The van der Waals surface area contributed by atoms with E-state index in [9.17, 15) is 0 Å². The third-order valence-corrected chi connectivity index (χ3v) is 3.44. The van der Waals surface area contributed by atoms with Gasteiger partial charge in [0, 0.05) is 0 Å². The van der Waals surface area contributed by atoms with E-state index in [1.165, 1.54) is 5.56 Å². The van der Waals surface area contributed by atoms with Crippen LogP contribution in [-0.4, -0.2) is 5.60 Å². The van der Waals surface area contributed by atoms with Crippen molar-refractivity contribution in [1.29, 1.82) is 0 Å². The molecule has 0 aliphatic carbocycles. The Bertz CT molecular complexity index is 313. The molecule has 0 aromatic heterocycles. The normalized spacial score (nSPS) is 18.4. The summed E-state index contributed by atoms with van der Waals surface area (Å²) >= 11 is 0. The highest BCUT2D eigenvalue weighted by Crippen LogP contribution is 2.36. The second kappa shape index (κ2) is 3.64. The third-order valence-electron chi connectivity index (χ3n) is 3.44. The molecule has 0 spiro atoms. The van der Waals surface area contributed by atoms with Crippen LogP contribution < -0.4 is 4.74 Å². The quantitative estimate of drug-likeness (QED) is 0.692. The van der Waals surface area contributed by atoms with Crippen molar-refractivity contribution in [2.45, 2.75) is 45.1 Å². The molecule has 0 bridgehead atoms. The van der Waals surface area contributed by atoms with Crippen molar-refractivity contribution >= 4 is 0 Å². The standard InChI is InChI=1S/C13H18O/c1-3-13(4-2)10-9-11-7-5-6-8-12(11)14-13/h5-8H,3-4,9-10H2,1-2H3. The van der Waals surface area contributed by atoms with Crippen molar-refractivity contribution < 1.29 is 4.74 Å². The van der Waals surface area contributed by atoms with Crippen LogP contribution in [0.3, 0.4) is 0 Å². The van der Waals surface area contributed by atoms with Gasteiger partial charge in [0.1, 0.15) is 11.4 Å². The SMILES string of the molecule is CCC1(CC)CCc2ccccc2O1. The van der Waals surface area contributed by atoms with Gasteiger partial charge < -0.3 is 4.74 Å². The lowest BCUT2D eigenvalue weighted by molar-refractivity contribution is 0.0383. The van der Waals surface area contributed by atoms with Gasteiger partial charge in [0.05, 0.1) is 0 Å². The Hall–Kier alpha value is -0.980. The van der Waals surface area contributed by atoms with Gasteiger partial charge in [0.15, 0.2) is 0 Å². The summed E-state index contributed by atoms with van der Waals surface area (Å²) < 4.78 is 6.12. The minimum Gasteiger partial charge on any atom is -0.487 e. The fourth-order valence-electron chi connectivity index (χ4n) is 2.20. The predicted octanol–water partition coefficient (Wildman–Crippen LogP) is 3.57. The van der Waals surface area contributed by atoms with E-state index in [1.807, 2.05) is 0 Å². The van der Waals surface area contributed by atoms with E-state index in [0.717, 1.165) is 31.4 Å². The van der Waals surface area contributed by atoms with Crippen molar-refractivity contribution in [2.75, 3.05) is 0 Å². The van der Waals surface area contributed by atoms with Crippen molar-refractivity contribution in [2.24, 2.45) is 0 Å². The maximum Gasteiger partial charge on any atom is 0.123 e. The molecule has 1 heteroatoms. The largest absolute Gasteiger partial charge is 0.487 e. The molecule has 1 aliphatic rings. The topological polar surface area (TPSA) is 9.23 Å². The Morgan fingerprint density at radius 3 is 2.64 bits per heavy atom. The highest BCUT2D eigenvalue weighted by atomic mass is 16.5. The van der Waals surface area contributed by atoms with Crippen molar-refractivity contribution in [1.82, 2.24) is 0 Å². The van der Waals surface area contributed by atoms with E-state index in [2.05, 4.69) is 38.1 Å². The molecule has 1 aromatic rings. The Kier molecular flexibility index (Phi) is 2.49. The first-order chi connectivity index (χ1) is 6.79. The van der Waals surface area contributed by atoms with E-state index < -0.39 is 0 Å². The summed E-state index contributed by atoms with van der Waals surface area (Å²) in [5.74, 6) is 1.10. The molecule has 0 N–H and O–H groups in total. The van der Waals surface area contributed by atoms with E-state index in [0.29, 0.717) is 0 Å². The maximum absolute atomic E-state index is 6.12. The van der Waals surface area contributed by atoms with Gasteiger partial charge in [-0.15, -0.1) is 0 Å². The molecule has 0 saturated heterocycles. The van der Waals surface area contributed by atoms with Crippen LogP contribution >= 0.6 is 0 Å². The molecule has 0 fully saturated rings. The summed E-state index contributed by atoms with van der Waals surface area (Å²) in [6.45, 7) is 4.44. The Morgan fingerprint density at radius 2 is 1.93 bits per heavy atom. The number of hydrogen-bond donors (Lipinski definition) is 0. The zero-order chi connectivity index (χ0) is 10.0. The van der Waals surface area contributed by atoms with Gasteiger partial charge in [0.25, 0.3) is 0 Å². The summed E-state index contributed by atoms with van der Waals surface area (Å²) in [6, 6.07) is 8.41. The number of ether oxygens (including phenoxy) is 1. The van der Waals surface area contributed by atoms with Crippen LogP contribution in [0.2, 0.25) is 0 Å². The van der Waals surface area contributed by atoms with Gasteiger partial charge in [-0.25, -0.2) is 0 Å². The zero-order valence-corrected chi connectivity index (χ0v) is 9.05. The van der Waals surface area contributed by atoms with Gasteiger partial charge >= 0.3 is 0 Å². The molecular weight excluding hydrogens is 172 g/mol. The predicted molar refractivity (Wildman–Crippen MR) is 58.7 cm³/mol. The number of rotatable bonds is 2. The Balaban J connectivity index is 2.28.